The number of carbonyl (C=O) groups excluding carboxylic acids is 1. The van der Waals surface area contributed by atoms with Gasteiger partial charge in [0.1, 0.15) is 5.41 Å². The summed E-state index contributed by atoms with van der Waals surface area (Å²) in [5, 5.41) is 12.9. The Morgan fingerprint density at radius 2 is 2.06 bits per heavy atom. The number of nitrogens with zero attached hydrogens (tertiary/aromatic N) is 5. The molecule has 0 saturated heterocycles. The number of halogens is 4. The van der Waals surface area contributed by atoms with Crippen LogP contribution >= 0.6 is 11.6 Å². The van der Waals surface area contributed by atoms with Gasteiger partial charge in [-0.05, 0) is 25.8 Å². The first kappa shape index (κ1) is 22.9. The van der Waals surface area contributed by atoms with E-state index in [9.17, 15) is 18.0 Å². The van der Waals surface area contributed by atoms with Crippen molar-refractivity contribution in [2.24, 2.45) is 10.4 Å². The number of hydrazine groups is 1. The monoisotopic (exact) mass is 485 g/mol. The third-order valence-electron chi connectivity index (χ3n) is 4.96. The highest BCUT2D eigenvalue weighted by molar-refractivity contribution is 6.32. The maximum Gasteiger partial charge on any atom is 0.399 e. The number of pyridine rings is 1. The number of hydrogen-bond acceptors (Lipinski definition) is 8. The molecule has 176 valence electrons. The third-order valence-corrected chi connectivity index (χ3v) is 5.24. The summed E-state index contributed by atoms with van der Waals surface area (Å²) in [6.07, 6.45) is -0.356. The normalized spacial score (nSPS) is 19.6. The van der Waals surface area contributed by atoms with Gasteiger partial charge in [-0.2, -0.15) is 28.8 Å². The van der Waals surface area contributed by atoms with Crippen molar-refractivity contribution < 1.29 is 22.7 Å². The molecular formula is C18H19ClF3N9O2. The number of anilines is 1. The van der Waals surface area contributed by atoms with Crippen LogP contribution < -0.4 is 21.5 Å². The average Bonchev–Trinajstić information content (AvgIpc) is 3.43. The van der Waals surface area contributed by atoms with E-state index < -0.39 is 24.0 Å². The predicted octanol–water partition coefficient (Wildman–Crippen LogP) is 2.49. The summed E-state index contributed by atoms with van der Waals surface area (Å²) in [6.45, 7) is 1.99. The number of carbonyl (C=O) groups is 1. The second-order valence-corrected chi connectivity index (χ2v) is 7.56. The number of urea groups is 1. The van der Waals surface area contributed by atoms with E-state index in [1.165, 1.54) is 29.5 Å². The Morgan fingerprint density at radius 3 is 2.67 bits per heavy atom. The highest BCUT2D eigenvalue weighted by atomic mass is 35.5. The zero-order valence-electron chi connectivity index (χ0n) is 17.1. The number of alkyl halides is 3. The first-order valence-corrected chi connectivity index (χ1v) is 10.2. The van der Waals surface area contributed by atoms with Crippen LogP contribution in [0.15, 0.2) is 41.0 Å². The highest BCUT2D eigenvalue weighted by Gasteiger charge is 2.66. The van der Waals surface area contributed by atoms with Crippen LogP contribution in [-0.2, 0) is 4.74 Å². The number of allylic oxidation sites excluding steroid dienone is 2. The van der Waals surface area contributed by atoms with Crippen molar-refractivity contribution >= 4 is 29.5 Å². The van der Waals surface area contributed by atoms with Gasteiger partial charge in [0.25, 0.3) is 0 Å². The molecule has 2 aromatic heterocycles. The molecule has 0 aromatic carbocycles. The number of hydrogen-bond donors (Lipinski definition) is 4. The smallest absolute Gasteiger partial charge is 0.343 e. The SMILES string of the molecule is CCOC1N=CC(NC(=O)Nc2cnc(-n3nccn3)c(Cl)c2)=C(C2(C(F)(F)F)CC2)NN1. The van der Waals surface area contributed by atoms with Crippen LogP contribution in [0.25, 0.3) is 5.82 Å². The van der Waals surface area contributed by atoms with Crippen molar-refractivity contribution in [3.05, 3.63) is 41.1 Å². The van der Waals surface area contributed by atoms with Gasteiger partial charge in [0.15, 0.2) is 5.82 Å². The van der Waals surface area contributed by atoms with Gasteiger partial charge in [0.2, 0.25) is 6.35 Å². The molecule has 1 unspecified atom stereocenters. The van der Waals surface area contributed by atoms with Gasteiger partial charge in [0, 0.05) is 6.61 Å². The van der Waals surface area contributed by atoms with E-state index in [1.807, 2.05) is 0 Å². The van der Waals surface area contributed by atoms with Crippen LogP contribution in [0.4, 0.5) is 23.7 Å². The number of amides is 2. The molecule has 1 fully saturated rings. The third kappa shape index (κ3) is 4.77. The minimum absolute atomic E-state index is 0.122. The summed E-state index contributed by atoms with van der Waals surface area (Å²) < 4.78 is 46.6. The highest BCUT2D eigenvalue weighted by Crippen LogP contribution is 2.61. The Labute approximate surface area is 190 Å². The van der Waals surface area contributed by atoms with Crippen molar-refractivity contribution in [2.45, 2.75) is 32.3 Å². The molecule has 1 aliphatic carbocycles. The van der Waals surface area contributed by atoms with Crippen molar-refractivity contribution in [3.8, 4) is 5.82 Å². The summed E-state index contributed by atoms with van der Waals surface area (Å²) in [5.74, 6) is 0.242. The molecule has 0 radical (unpaired) electrons. The first-order chi connectivity index (χ1) is 15.7. The van der Waals surface area contributed by atoms with Crippen molar-refractivity contribution in [3.63, 3.8) is 0 Å². The van der Waals surface area contributed by atoms with E-state index in [0.717, 1.165) is 6.21 Å². The Kier molecular flexibility index (Phi) is 6.23. The van der Waals surface area contributed by atoms with Crippen LogP contribution in [0.2, 0.25) is 5.02 Å². The lowest BCUT2D eigenvalue weighted by atomic mass is 10.00. The van der Waals surface area contributed by atoms with Crippen molar-refractivity contribution in [1.29, 1.82) is 0 Å². The standard InChI is InChI=1S/C18H19ClF3N9O2/c1-2-33-16-24-9-12(13(29-30-16)17(3-4-17)18(20,21)22)28-15(32)27-10-7-11(19)14(23-8-10)31-25-5-6-26-31/h5-9,16,29-30H,2-4H2,1H3,(H2,27,28,32). The zero-order valence-corrected chi connectivity index (χ0v) is 17.9. The second kappa shape index (κ2) is 8.96. The summed E-state index contributed by atoms with van der Waals surface area (Å²) >= 11 is 6.18. The van der Waals surface area contributed by atoms with Gasteiger partial charge in [-0.1, -0.05) is 11.6 Å². The number of rotatable bonds is 6. The van der Waals surface area contributed by atoms with Crippen molar-refractivity contribution in [2.75, 3.05) is 11.9 Å². The molecule has 1 saturated carbocycles. The molecule has 15 heteroatoms. The lowest BCUT2D eigenvalue weighted by Gasteiger charge is -2.26. The van der Waals surface area contributed by atoms with Gasteiger partial charge in [-0.15, -0.1) is 4.80 Å². The molecule has 0 spiro atoms. The summed E-state index contributed by atoms with van der Waals surface area (Å²) in [6, 6.07) is 0.596. The molecule has 4 rings (SSSR count). The maximum absolute atomic E-state index is 13.8. The van der Waals surface area contributed by atoms with E-state index in [4.69, 9.17) is 16.3 Å². The lowest BCUT2D eigenvalue weighted by molar-refractivity contribution is -0.177. The molecule has 2 aromatic rings. The Hall–Kier alpha value is -3.23. The summed E-state index contributed by atoms with van der Waals surface area (Å²) in [7, 11) is 0. The summed E-state index contributed by atoms with van der Waals surface area (Å²) in [4.78, 5) is 21.9. The number of aromatic nitrogens is 4. The molecule has 33 heavy (non-hydrogen) atoms. The quantitative estimate of drug-likeness (QED) is 0.494. The van der Waals surface area contributed by atoms with Crippen LogP contribution in [0, 0.1) is 5.41 Å². The van der Waals surface area contributed by atoms with Gasteiger partial charge >= 0.3 is 12.2 Å². The zero-order chi connectivity index (χ0) is 23.6. The van der Waals surface area contributed by atoms with Crippen LogP contribution in [0.1, 0.15) is 19.8 Å². The largest absolute Gasteiger partial charge is 0.399 e. The number of nitrogens with one attached hydrogen (secondary N) is 4. The molecule has 2 aliphatic rings. The van der Waals surface area contributed by atoms with E-state index in [2.05, 4.69) is 41.7 Å². The molecule has 0 bridgehead atoms. The second-order valence-electron chi connectivity index (χ2n) is 7.15. The predicted molar refractivity (Wildman–Crippen MR) is 111 cm³/mol. The minimum Gasteiger partial charge on any atom is -0.343 e. The molecule has 11 nitrogen and oxygen atoms in total. The average molecular weight is 486 g/mol. The first-order valence-electron chi connectivity index (χ1n) is 9.81. The molecule has 2 amide bonds. The fourth-order valence-corrected chi connectivity index (χ4v) is 3.46. The van der Waals surface area contributed by atoms with Crippen LogP contribution in [-0.4, -0.2) is 51.4 Å². The van der Waals surface area contributed by atoms with Crippen LogP contribution in [0.3, 0.4) is 0 Å². The summed E-state index contributed by atoms with van der Waals surface area (Å²) in [5.41, 5.74) is 2.84. The fraction of sp³-hybridized carbons (Fsp3) is 0.389. The van der Waals surface area contributed by atoms with Crippen LogP contribution in [0.5, 0.6) is 0 Å². The van der Waals surface area contributed by atoms with Gasteiger partial charge in [-0.3, -0.25) is 0 Å². The van der Waals surface area contributed by atoms with Gasteiger partial charge in [0.05, 0.1) is 46.9 Å². The minimum atomic E-state index is -4.52. The molecule has 1 aliphatic heterocycles. The lowest BCUT2D eigenvalue weighted by Crippen LogP contribution is -2.45. The molecule has 3 heterocycles. The molecule has 4 N–H and O–H groups in total. The fourth-order valence-electron chi connectivity index (χ4n) is 3.22. The van der Waals surface area contributed by atoms with E-state index in [0.29, 0.717) is 0 Å². The van der Waals surface area contributed by atoms with Gasteiger partial charge in [-0.25, -0.2) is 14.8 Å². The number of ether oxygens (including phenoxy) is 1. The molecular weight excluding hydrogens is 467 g/mol. The Morgan fingerprint density at radius 1 is 1.33 bits per heavy atom. The number of aliphatic imine (C=N–C) groups is 1. The topological polar surface area (TPSA) is 130 Å². The Balaban J connectivity index is 1.54. The van der Waals surface area contributed by atoms with Crippen molar-refractivity contribution in [1.82, 2.24) is 36.1 Å². The van der Waals surface area contributed by atoms with E-state index >= 15 is 0 Å². The van der Waals surface area contributed by atoms with E-state index in [1.54, 1.807) is 6.92 Å². The maximum atomic E-state index is 13.8. The van der Waals surface area contributed by atoms with E-state index in [-0.39, 0.29) is 47.4 Å². The van der Waals surface area contributed by atoms with Gasteiger partial charge < -0.3 is 20.8 Å². The Bertz CT molecular complexity index is 1080. The molecule has 1 atom stereocenters.